The number of urea groups is 1. The SMILES string of the molecule is CCCCC(=O)NC1CCN(C(=O)Nc2cccc(Br)c2)CC1. The van der Waals surface area contributed by atoms with Gasteiger partial charge in [0.25, 0.3) is 0 Å². The number of nitrogens with zero attached hydrogens (tertiary/aromatic N) is 1. The third kappa shape index (κ3) is 5.86. The summed E-state index contributed by atoms with van der Waals surface area (Å²) in [5, 5.41) is 5.97. The van der Waals surface area contributed by atoms with Crippen molar-refractivity contribution < 1.29 is 9.59 Å². The molecule has 2 N–H and O–H groups in total. The lowest BCUT2D eigenvalue weighted by Gasteiger charge is -2.32. The summed E-state index contributed by atoms with van der Waals surface area (Å²) < 4.78 is 0.934. The van der Waals surface area contributed by atoms with Crippen molar-refractivity contribution >= 4 is 33.6 Å². The van der Waals surface area contributed by atoms with Gasteiger partial charge in [-0.25, -0.2) is 4.79 Å². The zero-order chi connectivity index (χ0) is 16.7. The molecule has 6 heteroatoms. The number of hydrogen-bond acceptors (Lipinski definition) is 2. The van der Waals surface area contributed by atoms with E-state index in [2.05, 4.69) is 33.5 Å². The average Bonchev–Trinajstić information content (AvgIpc) is 2.53. The van der Waals surface area contributed by atoms with Crippen molar-refractivity contribution in [2.45, 2.75) is 45.1 Å². The van der Waals surface area contributed by atoms with E-state index in [0.29, 0.717) is 19.5 Å². The first-order chi connectivity index (χ1) is 11.1. The third-order valence-corrected chi connectivity index (χ3v) is 4.47. The summed E-state index contributed by atoms with van der Waals surface area (Å²) >= 11 is 3.39. The van der Waals surface area contributed by atoms with Crippen LogP contribution in [0.4, 0.5) is 10.5 Å². The van der Waals surface area contributed by atoms with Crippen LogP contribution in [0.1, 0.15) is 39.0 Å². The number of nitrogens with one attached hydrogen (secondary N) is 2. The van der Waals surface area contributed by atoms with Crippen LogP contribution in [0.5, 0.6) is 0 Å². The Morgan fingerprint density at radius 2 is 2.04 bits per heavy atom. The molecule has 0 aliphatic carbocycles. The van der Waals surface area contributed by atoms with E-state index in [1.165, 1.54) is 0 Å². The maximum Gasteiger partial charge on any atom is 0.321 e. The minimum Gasteiger partial charge on any atom is -0.353 e. The van der Waals surface area contributed by atoms with Gasteiger partial charge in [0.2, 0.25) is 5.91 Å². The summed E-state index contributed by atoms with van der Waals surface area (Å²) in [4.78, 5) is 25.8. The number of unbranched alkanes of at least 4 members (excludes halogenated alkanes) is 1. The molecule has 1 heterocycles. The molecule has 1 fully saturated rings. The lowest BCUT2D eigenvalue weighted by molar-refractivity contribution is -0.122. The lowest BCUT2D eigenvalue weighted by atomic mass is 10.0. The van der Waals surface area contributed by atoms with Gasteiger partial charge < -0.3 is 15.5 Å². The Bertz CT molecular complexity index is 542. The number of halogens is 1. The molecule has 1 aromatic carbocycles. The van der Waals surface area contributed by atoms with Gasteiger partial charge in [0.15, 0.2) is 0 Å². The van der Waals surface area contributed by atoms with Crippen molar-refractivity contribution in [2.24, 2.45) is 0 Å². The molecule has 0 unspecified atom stereocenters. The fourth-order valence-electron chi connectivity index (χ4n) is 2.63. The molecule has 5 nitrogen and oxygen atoms in total. The van der Waals surface area contributed by atoms with E-state index < -0.39 is 0 Å². The number of carbonyl (C=O) groups is 2. The molecule has 1 aliphatic heterocycles. The summed E-state index contributed by atoms with van der Waals surface area (Å²) in [6, 6.07) is 7.65. The first-order valence-electron chi connectivity index (χ1n) is 8.19. The lowest BCUT2D eigenvalue weighted by Crippen LogP contribution is -2.47. The van der Waals surface area contributed by atoms with Crippen molar-refractivity contribution in [3.63, 3.8) is 0 Å². The minimum absolute atomic E-state index is 0.0844. The molecule has 0 atom stereocenters. The van der Waals surface area contributed by atoms with Crippen LogP contribution in [-0.4, -0.2) is 36.0 Å². The van der Waals surface area contributed by atoms with Crippen LogP contribution in [0, 0.1) is 0 Å². The van der Waals surface area contributed by atoms with Gasteiger partial charge in [0.1, 0.15) is 0 Å². The average molecular weight is 382 g/mol. The van der Waals surface area contributed by atoms with Crippen LogP contribution >= 0.6 is 15.9 Å². The topological polar surface area (TPSA) is 61.4 Å². The largest absolute Gasteiger partial charge is 0.353 e. The molecule has 0 bridgehead atoms. The first-order valence-corrected chi connectivity index (χ1v) is 8.98. The molecular weight excluding hydrogens is 358 g/mol. The summed E-state index contributed by atoms with van der Waals surface area (Å²) in [6.07, 6.45) is 4.18. The van der Waals surface area contributed by atoms with Gasteiger partial charge in [0.05, 0.1) is 0 Å². The van der Waals surface area contributed by atoms with E-state index in [1.807, 2.05) is 24.3 Å². The molecule has 0 aromatic heterocycles. The highest BCUT2D eigenvalue weighted by Gasteiger charge is 2.23. The maximum atomic E-state index is 12.3. The number of anilines is 1. The number of hydrogen-bond donors (Lipinski definition) is 2. The molecule has 1 aromatic rings. The molecule has 1 aliphatic rings. The molecule has 1 saturated heterocycles. The van der Waals surface area contributed by atoms with Crippen molar-refractivity contribution in [3.05, 3.63) is 28.7 Å². The number of piperidine rings is 1. The number of rotatable bonds is 5. The summed E-state index contributed by atoms with van der Waals surface area (Å²) in [5.74, 6) is 0.129. The van der Waals surface area contributed by atoms with E-state index in [9.17, 15) is 9.59 Å². The second-order valence-electron chi connectivity index (χ2n) is 5.87. The highest BCUT2D eigenvalue weighted by molar-refractivity contribution is 9.10. The number of likely N-dealkylation sites (tertiary alicyclic amines) is 1. The number of carbonyl (C=O) groups excluding carboxylic acids is 2. The Kier molecular flexibility index (Phi) is 6.89. The van der Waals surface area contributed by atoms with Gasteiger partial charge in [-0.05, 0) is 37.5 Å². The molecule has 2 rings (SSSR count). The first kappa shape index (κ1) is 17.8. The third-order valence-electron chi connectivity index (χ3n) is 3.98. The van der Waals surface area contributed by atoms with Crippen molar-refractivity contribution in [1.82, 2.24) is 10.2 Å². The van der Waals surface area contributed by atoms with Crippen molar-refractivity contribution in [1.29, 1.82) is 0 Å². The second-order valence-corrected chi connectivity index (χ2v) is 6.79. The van der Waals surface area contributed by atoms with Gasteiger partial charge in [-0.3, -0.25) is 4.79 Å². The van der Waals surface area contributed by atoms with Crippen LogP contribution in [0.25, 0.3) is 0 Å². The van der Waals surface area contributed by atoms with Gasteiger partial charge in [-0.2, -0.15) is 0 Å². The van der Waals surface area contributed by atoms with E-state index >= 15 is 0 Å². The Hall–Kier alpha value is -1.56. The molecule has 0 saturated carbocycles. The molecule has 0 spiro atoms. The van der Waals surface area contributed by atoms with Crippen LogP contribution in [0.3, 0.4) is 0 Å². The number of benzene rings is 1. The molecule has 126 valence electrons. The fourth-order valence-corrected chi connectivity index (χ4v) is 3.03. The van der Waals surface area contributed by atoms with Crippen LogP contribution in [-0.2, 0) is 4.79 Å². The normalized spacial score (nSPS) is 15.3. The van der Waals surface area contributed by atoms with Crippen molar-refractivity contribution in [2.75, 3.05) is 18.4 Å². The van der Waals surface area contributed by atoms with E-state index in [1.54, 1.807) is 4.90 Å². The molecule has 23 heavy (non-hydrogen) atoms. The predicted octanol–water partition coefficient (Wildman–Crippen LogP) is 3.75. The Morgan fingerprint density at radius 3 is 2.70 bits per heavy atom. The monoisotopic (exact) mass is 381 g/mol. The van der Waals surface area contributed by atoms with E-state index in [-0.39, 0.29) is 18.0 Å². The molecular formula is C17H24BrN3O2. The maximum absolute atomic E-state index is 12.3. The second kappa shape index (κ2) is 8.91. The number of amides is 3. The highest BCUT2D eigenvalue weighted by atomic mass is 79.9. The van der Waals surface area contributed by atoms with E-state index in [4.69, 9.17) is 0 Å². The summed E-state index contributed by atoms with van der Waals surface area (Å²) in [6.45, 7) is 3.41. The van der Waals surface area contributed by atoms with Gasteiger partial charge in [0, 0.05) is 35.7 Å². The zero-order valence-corrected chi connectivity index (χ0v) is 15.1. The molecule has 0 radical (unpaired) electrons. The van der Waals surface area contributed by atoms with Gasteiger partial charge in [-0.1, -0.05) is 35.3 Å². The Morgan fingerprint density at radius 1 is 1.30 bits per heavy atom. The smallest absolute Gasteiger partial charge is 0.321 e. The highest BCUT2D eigenvalue weighted by Crippen LogP contribution is 2.17. The predicted molar refractivity (Wildman–Crippen MR) is 95.4 cm³/mol. The summed E-state index contributed by atoms with van der Waals surface area (Å²) in [5.41, 5.74) is 0.777. The molecule has 3 amide bonds. The zero-order valence-electron chi connectivity index (χ0n) is 13.5. The minimum atomic E-state index is -0.0844. The van der Waals surface area contributed by atoms with E-state index in [0.717, 1.165) is 35.8 Å². The van der Waals surface area contributed by atoms with Crippen molar-refractivity contribution in [3.8, 4) is 0 Å². The fraction of sp³-hybridized carbons (Fsp3) is 0.529. The van der Waals surface area contributed by atoms with Crippen LogP contribution in [0.2, 0.25) is 0 Å². The Labute approximate surface area is 145 Å². The standard InChI is InChI=1S/C17H24BrN3O2/c1-2-3-7-16(22)19-14-8-10-21(11-9-14)17(23)20-15-6-4-5-13(18)12-15/h4-6,12,14H,2-3,7-11H2,1H3,(H,19,22)(H,20,23). The van der Waals surface area contributed by atoms with Gasteiger partial charge in [-0.15, -0.1) is 0 Å². The van der Waals surface area contributed by atoms with Gasteiger partial charge >= 0.3 is 6.03 Å². The Balaban J connectivity index is 1.75. The summed E-state index contributed by atoms with van der Waals surface area (Å²) in [7, 11) is 0. The quantitative estimate of drug-likeness (QED) is 0.815. The van der Waals surface area contributed by atoms with Crippen LogP contribution < -0.4 is 10.6 Å². The van der Waals surface area contributed by atoms with Crippen LogP contribution in [0.15, 0.2) is 28.7 Å².